The van der Waals surface area contributed by atoms with Crippen molar-refractivity contribution in [1.82, 2.24) is 19.4 Å². The molecule has 4 aliphatic rings. The number of carboxylic acids is 2. The van der Waals surface area contributed by atoms with Crippen LogP contribution in [0.3, 0.4) is 0 Å². The van der Waals surface area contributed by atoms with Crippen LogP contribution >= 0.6 is 0 Å². The maximum atomic E-state index is 14.7. The van der Waals surface area contributed by atoms with E-state index >= 15 is 0 Å². The molecule has 82 heavy (non-hydrogen) atoms. The summed E-state index contributed by atoms with van der Waals surface area (Å²) < 4.78 is 59.8. The average Bonchev–Trinajstić information content (AvgIpc) is 4.12. The quantitative estimate of drug-likeness (QED) is 0.0331. The number of nitrogens with one attached hydrogen (secondary N) is 1. The van der Waals surface area contributed by atoms with Crippen LogP contribution in [0, 0.1) is 5.92 Å². The van der Waals surface area contributed by atoms with E-state index in [9.17, 15) is 58.5 Å². The van der Waals surface area contributed by atoms with Crippen molar-refractivity contribution in [2.24, 2.45) is 11.7 Å². The zero-order chi connectivity index (χ0) is 60.4. The highest BCUT2D eigenvalue weighted by Gasteiger charge is 2.54. The van der Waals surface area contributed by atoms with Gasteiger partial charge in [0.25, 0.3) is 5.56 Å². The van der Waals surface area contributed by atoms with E-state index in [0.717, 1.165) is 60.5 Å². The molecule has 464 valence electrons. The number of nitrogens with two attached hydrogens (primary N) is 1. The van der Waals surface area contributed by atoms with Crippen molar-refractivity contribution in [3.63, 3.8) is 0 Å². The van der Waals surface area contributed by atoms with Crippen molar-refractivity contribution in [1.29, 1.82) is 0 Å². The van der Waals surface area contributed by atoms with Crippen molar-refractivity contribution in [2.75, 3.05) is 41.4 Å². The fraction of sp³-hybridized carbons (Fsp3) is 0.796. The number of amides is 1. The van der Waals surface area contributed by atoms with Gasteiger partial charge >= 0.3 is 41.5 Å². The number of nitrogens with zero attached hydrogens (tertiary/aromatic N) is 3. The van der Waals surface area contributed by atoms with Gasteiger partial charge in [-0.05, 0) is 32.2 Å². The summed E-state index contributed by atoms with van der Waals surface area (Å²) in [4.78, 5) is 122. The van der Waals surface area contributed by atoms with E-state index in [-0.39, 0.29) is 38.6 Å². The number of carbonyl (C=O) groups excluding carboxylic acids is 5. The number of aliphatic hydroxyl groups excluding tert-OH is 2. The van der Waals surface area contributed by atoms with Crippen molar-refractivity contribution in [3.8, 4) is 0 Å². The highest BCUT2D eigenvalue weighted by atomic mass is 16.7. The molecule has 4 fully saturated rings. The van der Waals surface area contributed by atoms with E-state index in [2.05, 4.69) is 11.9 Å². The number of unbranched alkanes of at least 4 members (excludes halogenated alkanes) is 7. The monoisotopic (exact) mass is 1170 g/mol. The number of H-pyrrole nitrogens is 1. The Morgan fingerprint density at radius 1 is 0.768 bits per heavy atom. The van der Waals surface area contributed by atoms with Gasteiger partial charge in [0.1, 0.15) is 42.8 Å². The summed E-state index contributed by atoms with van der Waals surface area (Å²) in [5.41, 5.74) is 4.29. The Balaban J connectivity index is 1.30. The summed E-state index contributed by atoms with van der Waals surface area (Å²) in [7, 11) is 5.29. The third kappa shape index (κ3) is 18.8. The largest absolute Gasteiger partial charge is 0.481 e. The lowest BCUT2D eigenvalue weighted by Gasteiger charge is -2.44. The number of carboxylic acid groups (broad SMARTS) is 2. The second-order valence-corrected chi connectivity index (χ2v) is 21.5. The van der Waals surface area contributed by atoms with Gasteiger partial charge in [0.2, 0.25) is 12.2 Å². The number of esters is 4. The molecule has 4 saturated heterocycles. The number of aliphatic carboxylic acids is 2. The SMILES string of the molecule is CCCCCCCCCCC(CC(=O)OC1CN(C)C(C(O[C@H]2C[C@H](O)[C@@H](CN)O2)[C@H]2O[C@@H](n3ccc(=O)[nH]c3=O)C[C@@H]2O)C(=O)N(C)C1C(=O)O)OC(=O)CC(C)CC(=O)OC1OC(CC)C(OC)C(OC(=O)CCC(=O)O)C1OC. The van der Waals surface area contributed by atoms with E-state index in [1.165, 1.54) is 39.4 Å². The zero-order valence-corrected chi connectivity index (χ0v) is 47.9. The third-order valence-corrected chi connectivity index (χ3v) is 15.2. The van der Waals surface area contributed by atoms with Gasteiger partial charge < -0.3 is 78.4 Å². The first-order valence-corrected chi connectivity index (χ1v) is 28.3. The lowest BCUT2D eigenvalue weighted by molar-refractivity contribution is -0.299. The van der Waals surface area contributed by atoms with Crippen LogP contribution in [0.5, 0.6) is 0 Å². The lowest BCUT2D eigenvalue weighted by Crippen LogP contribution is -2.61. The van der Waals surface area contributed by atoms with Gasteiger partial charge in [-0.3, -0.25) is 48.0 Å². The van der Waals surface area contributed by atoms with E-state index in [1.807, 2.05) is 0 Å². The average molecular weight is 1170 g/mol. The maximum absolute atomic E-state index is 14.7. The molecule has 1 amide bonds. The fourth-order valence-electron chi connectivity index (χ4n) is 10.9. The highest BCUT2D eigenvalue weighted by Crippen LogP contribution is 2.37. The molecule has 5 heterocycles. The molecule has 1 aromatic heterocycles. The van der Waals surface area contributed by atoms with Crippen LogP contribution in [0.2, 0.25) is 0 Å². The predicted molar refractivity (Wildman–Crippen MR) is 283 cm³/mol. The van der Waals surface area contributed by atoms with Crippen molar-refractivity contribution in [2.45, 2.75) is 228 Å². The summed E-state index contributed by atoms with van der Waals surface area (Å²) in [6, 6.07) is -2.19. The topological polar surface area (TPSA) is 380 Å². The number of rotatable bonds is 32. The van der Waals surface area contributed by atoms with Gasteiger partial charge in [-0.2, -0.15) is 0 Å². The first-order valence-electron chi connectivity index (χ1n) is 28.3. The Kier molecular flexibility index (Phi) is 26.8. The first kappa shape index (κ1) is 67.4. The second kappa shape index (κ2) is 32.6. The molecule has 4 aliphatic heterocycles. The highest BCUT2D eigenvalue weighted by molar-refractivity contribution is 5.89. The van der Waals surface area contributed by atoms with Gasteiger partial charge in [-0.25, -0.2) is 9.59 Å². The minimum atomic E-state index is -1.79. The molecule has 1 aromatic rings. The van der Waals surface area contributed by atoms with Crippen LogP contribution in [-0.4, -0.2) is 215 Å². The van der Waals surface area contributed by atoms with Gasteiger partial charge in [0.15, 0.2) is 24.5 Å². The van der Waals surface area contributed by atoms with Gasteiger partial charge in [0.05, 0.1) is 43.7 Å². The van der Waals surface area contributed by atoms with Crippen LogP contribution < -0.4 is 17.0 Å². The van der Waals surface area contributed by atoms with Crippen LogP contribution in [0.4, 0.5) is 0 Å². The Hall–Kier alpha value is -5.43. The molecule has 7 N–H and O–H groups in total. The molecule has 0 bridgehead atoms. The molecule has 11 unspecified atom stereocenters. The first-order chi connectivity index (χ1) is 39.0. The number of aromatic nitrogens is 2. The predicted octanol–water partition coefficient (Wildman–Crippen LogP) is 0.876. The standard InChI is InChI=1S/C54H85N5O23/c1-8-10-11-12-13-14-15-16-17-30(75-40(66)22-29(3)23-41(67)81-53-50(74-7)49(47(73-6)33(9-2)78-53)80-39(65)19-18-38(63)64)24-42(68)76-35-28-57(4)45(51(69)58(5)44(35)52(70)71)48(82-43-26-31(60)34(27-55)77-43)46-32(61)25-37(79-46)59-21-20-36(62)56-54(59)72/h20-21,29-35,37,43-50,53,60-61H,8-19,22-28,55H2,1-7H3,(H,63,64)(H,70,71)(H,56,62,72)/t29?,30?,31-,32-,33?,34+,35?,37+,43-,44?,45?,46-,47?,48?,49?,50?,53?/m0/s1. The van der Waals surface area contributed by atoms with E-state index in [0.29, 0.717) is 12.8 Å². The van der Waals surface area contributed by atoms with Crippen molar-refractivity contribution in [3.05, 3.63) is 33.1 Å². The van der Waals surface area contributed by atoms with Gasteiger partial charge in [-0.15, -0.1) is 0 Å². The van der Waals surface area contributed by atoms with E-state index in [1.54, 1.807) is 13.8 Å². The molecule has 0 radical (unpaired) electrons. The van der Waals surface area contributed by atoms with Crippen LogP contribution in [0.25, 0.3) is 0 Å². The number of carbonyl (C=O) groups is 7. The Bertz CT molecular complexity index is 2390. The number of aliphatic hydroxyl groups is 2. The smallest absolute Gasteiger partial charge is 0.330 e. The molecule has 0 aliphatic carbocycles. The van der Waals surface area contributed by atoms with E-state index < -0.39 is 183 Å². The molecular weight excluding hydrogens is 1090 g/mol. The van der Waals surface area contributed by atoms with Gasteiger partial charge in [-0.1, -0.05) is 65.7 Å². The third-order valence-electron chi connectivity index (χ3n) is 15.2. The van der Waals surface area contributed by atoms with Crippen molar-refractivity contribution >= 4 is 41.7 Å². The van der Waals surface area contributed by atoms with Crippen LogP contribution in [0.15, 0.2) is 21.9 Å². The molecule has 0 aromatic carbocycles. The molecular formula is C54H85N5O23. The van der Waals surface area contributed by atoms with Crippen LogP contribution in [0.1, 0.15) is 136 Å². The number of ether oxygens (including phenoxy) is 10. The van der Waals surface area contributed by atoms with Gasteiger partial charge in [0, 0.05) is 72.3 Å². The van der Waals surface area contributed by atoms with Crippen LogP contribution in [-0.2, 0) is 80.9 Å². The maximum Gasteiger partial charge on any atom is 0.330 e. The molecule has 17 atom stereocenters. The Labute approximate surface area is 475 Å². The van der Waals surface area contributed by atoms with Crippen molar-refractivity contribution < 1.29 is 101 Å². The minimum absolute atomic E-state index is 0.0902. The second-order valence-electron chi connectivity index (χ2n) is 21.5. The number of aromatic amines is 1. The lowest BCUT2D eigenvalue weighted by atomic mass is 9.96. The molecule has 28 heteroatoms. The number of hydrogen-bond donors (Lipinski definition) is 6. The summed E-state index contributed by atoms with van der Waals surface area (Å²) in [6.07, 6.45) is -9.69. The minimum Gasteiger partial charge on any atom is -0.481 e. The summed E-state index contributed by atoms with van der Waals surface area (Å²) in [6.45, 7) is 5.00. The normalized spacial score (nSPS) is 29.8. The molecule has 0 spiro atoms. The zero-order valence-electron chi connectivity index (χ0n) is 47.9. The number of likely N-dealkylation sites (N-methyl/N-ethyl adjacent to an activating group) is 2. The summed E-state index contributed by atoms with van der Waals surface area (Å²) in [5, 5.41) is 41.9. The van der Waals surface area contributed by atoms with E-state index in [4.69, 9.17) is 58.2 Å². The Morgan fingerprint density at radius 2 is 1.43 bits per heavy atom. The summed E-state index contributed by atoms with van der Waals surface area (Å²) >= 11 is 0. The number of methoxy groups -OCH3 is 2. The Morgan fingerprint density at radius 3 is 2.04 bits per heavy atom. The molecule has 5 rings (SSSR count). The fourth-order valence-corrected chi connectivity index (χ4v) is 10.9. The molecule has 0 saturated carbocycles. The number of hydrogen-bond acceptors (Lipinski definition) is 23. The summed E-state index contributed by atoms with van der Waals surface area (Å²) in [5.74, 6) is -7.65. The molecule has 28 nitrogen and oxygen atoms in total.